The number of rotatable bonds is 4. The predicted molar refractivity (Wildman–Crippen MR) is 106 cm³/mol. The molecule has 2 N–H and O–H groups in total. The van der Waals surface area contributed by atoms with Gasteiger partial charge < -0.3 is 15.2 Å². The van der Waals surface area contributed by atoms with Gasteiger partial charge in [-0.05, 0) is 36.5 Å². The standard InChI is InChI=1S/C20H24N6O/c1-13(2)14-5-7-16(8-6-14)25-20(27)15-4-3-9-26(10-15)19-17-18(22-11-21-17)23-12-24-19/h5-8,11-13,15H,3-4,9-10H2,1-2H3,(H,25,27)(H,21,22,23,24). The number of nitrogens with zero attached hydrogens (tertiary/aromatic N) is 4. The van der Waals surface area contributed by atoms with Gasteiger partial charge in [-0.3, -0.25) is 4.79 Å². The van der Waals surface area contributed by atoms with Gasteiger partial charge in [0.15, 0.2) is 11.5 Å². The van der Waals surface area contributed by atoms with Gasteiger partial charge in [0, 0.05) is 18.8 Å². The smallest absolute Gasteiger partial charge is 0.229 e. The fraction of sp³-hybridized carbons (Fsp3) is 0.400. The van der Waals surface area contributed by atoms with E-state index in [-0.39, 0.29) is 11.8 Å². The van der Waals surface area contributed by atoms with Crippen molar-refractivity contribution in [1.29, 1.82) is 0 Å². The van der Waals surface area contributed by atoms with Crippen molar-refractivity contribution in [2.24, 2.45) is 5.92 Å². The highest BCUT2D eigenvalue weighted by atomic mass is 16.1. The molecule has 1 aromatic carbocycles. The molecule has 7 heteroatoms. The molecule has 0 bridgehead atoms. The summed E-state index contributed by atoms with van der Waals surface area (Å²) in [6.07, 6.45) is 4.98. The number of hydrogen-bond acceptors (Lipinski definition) is 5. The average Bonchev–Trinajstić information content (AvgIpc) is 3.17. The van der Waals surface area contributed by atoms with Gasteiger partial charge in [0.2, 0.25) is 5.91 Å². The largest absolute Gasteiger partial charge is 0.354 e. The molecule has 1 atom stereocenters. The maximum absolute atomic E-state index is 12.8. The van der Waals surface area contributed by atoms with E-state index >= 15 is 0 Å². The van der Waals surface area contributed by atoms with Crippen molar-refractivity contribution in [3.8, 4) is 0 Å². The Labute approximate surface area is 158 Å². The molecular weight excluding hydrogens is 340 g/mol. The maximum Gasteiger partial charge on any atom is 0.229 e. The first kappa shape index (κ1) is 17.5. The summed E-state index contributed by atoms with van der Waals surface area (Å²) in [6.45, 7) is 5.83. The Morgan fingerprint density at radius 2 is 2.04 bits per heavy atom. The lowest BCUT2D eigenvalue weighted by molar-refractivity contribution is -0.120. The Balaban J connectivity index is 1.46. The number of hydrogen-bond donors (Lipinski definition) is 2. The van der Waals surface area contributed by atoms with Crippen molar-refractivity contribution in [1.82, 2.24) is 19.9 Å². The summed E-state index contributed by atoms with van der Waals surface area (Å²) >= 11 is 0. The predicted octanol–water partition coefficient (Wildman–Crippen LogP) is 3.33. The van der Waals surface area contributed by atoms with Gasteiger partial charge >= 0.3 is 0 Å². The highest BCUT2D eigenvalue weighted by Crippen LogP contribution is 2.26. The second-order valence-electron chi connectivity index (χ2n) is 7.35. The zero-order valence-corrected chi connectivity index (χ0v) is 15.6. The lowest BCUT2D eigenvalue weighted by Crippen LogP contribution is -2.41. The Morgan fingerprint density at radius 1 is 1.22 bits per heavy atom. The molecule has 1 fully saturated rings. The summed E-state index contributed by atoms with van der Waals surface area (Å²) in [5, 5.41) is 3.06. The second kappa shape index (κ2) is 7.34. The lowest BCUT2D eigenvalue weighted by Gasteiger charge is -2.32. The van der Waals surface area contributed by atoms with Crippen LogP contribution in [0.3, 0.4) is 0 Å². The van der Waals surface area contributed by atoms with E-state index in [1.54, 1.807) is 6.33 Å². The van der Waals surface area contributed by atoms with E-state index in [2.05, 4.69) is 56.1 Å². The first-order chi connectivity index (χ1) is 13.1. The molecule has 4 rings (SSSR count). The number of fused-ring (bicyclic) bond motifs is 1. The van der Waals surface area contributed by atoms with Crippen molar-refractivity contribution in [2.75, 3.05) is 23.3 Å². The van der Waals surface area contributed by atoms with Crippen LogP contribution in [-0.4, -0.2) is 38.9 Å². The van der Waals surface area contributed by atoms with E-state index in [0.29, 0.717) is 18.1 Å². The van der Waals surface area contributed by atoms with Crippen LogP contribution in [-0.2, 0) is 4.79 Å². The van der Waals surface area contributed by atoms with Gasteiger partial charge in [-0.2, -0.15) is 0 Å². The van der Waals surface area contributed by atoms with Crippen LogP contribution in [0.5, 0.6) is 0 Å². The highest BCUT2D eigenvalue weighted by molar-refractivity contribution is 5.93. The fourth-order valence-electron chi connectivity index (χ4n) is 3.57. The number of piperidine rings is 1. The third kappa shape index (κ3) is 3.63. The number of aromatic nitrogens is 4. The molecule has 1 aliphatic heterocycles. The van der Waals surface area contributed by atoms with Crippen molar-refractivity contribution in [3.05, 3.63) is 42.5 Å². The minimum atomic E-state index is -0.0727. The van der Waals surface area contributed by atoms with Crippen molar-refractivity contribution in [2.45, 2.75) is 32.6 Å². The zero-order valence-electron chi connectivity index (χ0n) is 15.6. The Morgan fingerprint density at radius 3 is 2.81 bits per heavy atom. The number of benzene rings is 1. The van der Waals surface area contributed by atoms with Gasteiger partial charge in [0.25, 0.3) is 0 Å². The first-order valence-electron chi connectivity index (χ1n) is 9.41. The molecule has 0 saturated carbocycles. The molecule has 3 aromatic rings. The number of aromatic amines is 1. The van der Waals surface area contributed by atoms with Crippen LogP contribution >= 0.6 is 0 Å². The third-order valence-corrected chi connectivity index (χ3v) is 5.14. The minimum absolute atomic E-state index is 0.0620. The van der Waals surface area contributed by atoms with Crippen LogP contribution in [0.1, 0.15) is 38.2 Å². The van der Waals surface area contributed by atoms with Crippen LogP contribution in [0.15, 0.2) is 36.9 Å². The lowest BCUT2D eigenvalue weighted by atomic mass is 9.96. The summed E-state index contributed by atoms with van der Waals surface area (Å²) in [7, 11) is 0. The summed E-state index contributed by atoms with van der Waals surface area (Å²) in [4.78, 5) is 30.8. The first-order valence-corrected chi connectivity index (χ1v) is 9.41. The number of nitrogens with one attached hydrogen (secondary N) is 2. The Hall–Kier alpha value is -2.96. The summed E-state index contributed by atoms with van der Waals surface area (Å²) in [5.74, 6) is 1.29. The van der Waals surface area contributed by atoms with Crippen LogP contribution in [0.4, 0.5) is 11.5 Å². The van der Waals surface area contributed by atoms with Crippen molar-refractivity contribution in [3.63, 3.8) is 0 Å². The number of imidazole rings is 1. The van der Waals surface area contributed by atoms with E-state index < -0.39 is 0 Å². The number of anilines is 2. The Kier molecular flexibility index (Phi) is 4.75. The van der Waals surface area contributed by atoms with Gasteiger partial charge in [-0.25, -0.2) is 15.0 Å². The van der Waals surface area contributed by atoms with E-state index in [9.17, 15) is 4.79 Å². The van der Waals surface area contributed by atoms with Crippen LogP contribution in [0.25, 0.3) is 11.2 Å². The van der Waals surface area contributed by atoms with Crippen LogP contribution in [0, 0.1) is 5.92 Å². The van der Waals surface area contributed by atoms with Gasteiger partial charge in [0.05, 0.1) is 12.2 Å². The van der Waals surface area contributed by atoms with E-state index in [1.165, 1.54) is 11.9 Å². The van der Waals surface area contributed by atoms with Gasteiger partial charge in [-0.15, -0.1) is 0 Å². The van der Waals surface area contributed by atoms with E-state index in [0.717, 1.165) is 36.4 Å². The highest BCUT2D eigenvalue weighted by Gasteiger charge is 2.28. The molecule has 2 aromatic heterocycles. The van der Waals surface area contributed by atoms with Crippen LogP contribution in [0.2, 0.25) is 0 Å². The third-order valence-electron chi connectivity index (χ3n) is 5.14. The molecule has 1 amide bonds. The van der Waals surface area contributed by atoms with Crippen molar-refractivity contribution < 1.29 is 4.79 Å². The Bertz CT molecular complexity index is 933. The van der Waals surface area contributed by atoms with Gasteiger partial charge in [0.1, 0.15) is 11.8 Å². The molecule has 7 nitrogen and oxygen atoms in total. The molecule has 1 unspecified atom stereocenters. The topological polar surface area (TPSA) is 86.8 Å². The zero-order chi connectivity index (χ0) is 18.8. The van der Waals surface area contributed by atoms with Gasteiger partial charge in [-0.1, -0.05) is 26.0 Å². The molecular formula is C20H24N6O. The number of carbonyl (C=O) groups excluding carboxylic acids is 1. The van der Waals surface area contributed by atoms with E-state index in [1.807, 2.05) is 12.1 Å². The quantitative estimate of drug-likeness (QED) is 0.741. The van der Waals surface area contributed by atoms with E-state index in [4.69, 9.17) is 0 Å². The second-order valence-corrected chi connectivity index (χ2v) is 7.35. The monoisotopic (exact) mass is 364 g/mol. The van der Waals surface area contributed by atoms with Crippen LogP contribution < -0.4 is 10.2 Å². The molecule has 0 radical (unpaired) electrons. The average molecular weight is 364 g/mol. The normalized spacial score (nSPS) is 17.4. The maximum atomic E-state index is 12.8. The molecule has 27 heavy (non-hydrogen) atoms. The minimum Gasteiger partial charge on any atom is -0.354 e. The molecule has 140 valence electrons. The number of carbonyl (C=O) groups is 1. The number of amides is 1. The van der Waals surface area contributed by atoms with Crippen molar-refractivity contribution >= 4 is 28.6 Å². The molecule has 0 aliphatic carbocycles. The fourth-order valence-corrected chi connectivity index (χ4v) is 3.57. The number of H-pyrrole nitrogens is 1. The molecule has 0 spiro atoms. The summed E-state index contributed by atoms with van der Waals surface area (Å²) < 4.78 is 0. The SMILES string of the molecule is CC(C)c1ccc(NC(=O)C2CCCN(c3ncnc4nc[nH]c34)C2)cc1. The molecule has 1 aliphatic rings. The summed E-state index contributed by atoms with van der Waals surface area (Å²) in [6, 6.07) is 8.10. The molecule has 1 saturated heterocycles. The molecule has 3 heterocycles. The summed E-state index contributed by atoms with van der Waals surface area (Å²) in [5.41, 5.74) is 3.59.